The number of carbonyl (C=O) groups is 3. The van der Waals surface area contributed by atoms with Crippen molar-refractivity contribution in [2.45, 2.75) is 6.61 Å². The molecule has 0 spiro atoms. The molecule has 3 rings (SSSR count). The lowest BCUT2D eigenvalue weighted by Gasteiger charge is -2.08. The molecule has 11 heteroatoms. The Labute approximate surface area is 185 Å². The van der Waals surface area contributed by atoms with Crippen LogP contribution in [-0.4, -0.2) is 42.5 Å². The number of aromatic nitrogens is 1. The van der Waals surface area contributed by atoms with Gasteiger partial charge >= 0.3 is 12.6 Å². The maximum atomic E-state index is 12.3. The van der Waals surface area contributed by atoms with Gasteiger partial charge in [-0.05, 0) is 18.2 Å². The van der Waals surface area contributed by atoms with Crippen LogP contribution in [0.25, 0.3) is 11.3 Å². The van der Waals surface area contributed by atoms with Crippen LogP contribution in [0.3, 0.4) is 0 Å². The summed E-state index contributed by atoms with van der Waals surface area (Å²) in [5, 5.41) is 6.94. The van der Waals surface area contributed by atoms with Gasteiger partial charge in [-0.1, -0.05) is 36.4 Å². The van der Waals surface area contributed by atoms with E-state index in [2.05, 4.69) is 20.4 Å². The summed E-state index contributed by atoms with van der Waals surface area (Å²) >= 11 is 1.23. The zero-order valence-corrected chi connectivity index (χ0v) is 17.2. The number of amides is 2. The first-order valence-corrected chi connectivity index (χ1v) is 10.1. The molecule has 2 aromatic carbocycles. The summed E-state index contributed by atoms with van der Waals surface area (Å²) in [6, 6.07) is 14.5. The van der Waals surface area contributed by atoms with E-state index in [0.717, 1.165) is 11.6 Å². The number of hydrogen-bond donors (Lipinski definition) is 2. The van der Waals surface area contributed by atoms with Crippen molar-refractivity contribution in [1.29, 1.82) is 0 Å². The molecule has 1 heterocycles. The van der Waals surface area contributed by atoms with Crippen molar-refractivity contribution in [3.8, 4) is 17.0 Å². The number of esters is 1. The molecule has 0 unspecified atom stereocenters. The summed E-state index contributed by atoms with van der Waals surface area (Å²) in [4.78, 5) is 40.1. The molecule has 0 radical (unpaired) electrons. The summed E-state index contributed by atoms with van der Waals surface area (Å²) in [5.74, 6) is -2.32. The number of halogens is 2. The molecule has 0 saturated carbocycles. The molecule has 1 aromatic heterocycles. The van der Waals surface area contributed by atoms with E-state index in [1.165, 1.54) is 29.5 Å². The molecule has 32 heavy (non-hydrogen) atoms. The summed E-state index contributed by atoms with van der Waals surface area (Å²) in [6.07, 6.45) is 0. The van der Waals surface area contributed by atoms with E-state index in [0.29, 0.717) is 10.8 Å². The zero-order chi connectivity index (χ0) is 22.9. The summed E-state index contributed by atoms with van der Waals surface area (Å²) in [6.45, 7) is -4.10. The van der Waals surface area contributed by atoms with Crippen LogP contribution in [0.5, 0.6) is 5.75 Å². The van der Waals surface area contributed by atoms with Gasteiger partial charge < -0.3 is 14.8 Å². The number of nitrogens with one attached hydrogen (secondary N) is 2. The standard InChI is InChI=1S/C21H17F2N3O5S/c22-20(23)31-15-8-4-7-14(9-15)19(29)24-10-18(28)30-11-17(27)26-21-25-16(12-32-21)13-5-2-1-3-6-13/h1-9,12,20H,10-11H2,(H,24,29)(H,25,26,27). The van der Waals surface area contributed by atoms with E-state index < -0.39 is 37.5 Å². The second-order valence-electron chi connectivity index (χ2n) is 6.20. The molecule has 0 aliphatic heterocycles. The predicted octanol–water partition coefficient (Wildman–Crippen LogP) is 3.32. The molecular weight excluding hydrogens is 444 g/mol. The van der Waals surface area contributed by atoms with Crippen LogP contribution >= 0.6 is 11.3 Å². The second kappa shape index (κ2) is 11.0. The van der Waals surface area contributed by atoms with Crippen LogP contribution in [0.15, 0.2) is 60.0 Å². The molecule has 2 amide bonds. The van der Waals surface area contributed by atoms with Crippen LogP contribution in [-0.2, 0) is 14.3 Å². The Morgan fingerprint density at radius 1 is 1.06 bits per heavy atom. The minimum atomic E-state index is -3.02. The maximum absolute atomic E-state index is 12.3. The average molecular weight is 461 g/mol. The first kappa shape index (κ1) is 22.8. The Balaban J connectivity index is 1.41. The zero-order valence-electron chi connectivity index (χ0n) is 16.4. The number of ether oxygens (including phenoxy) is 2. The van der Waals surface area contributed by atoms with Crippen LogP contribution in [0.4, 0.5) is 13.9 Å². The van der Waals surface area contributed by atoms with Gasteiger partial charge in [0.2, 0.25) is 0 Å². The lowest BCUT2D eigenvalue weighted by Crippen LogP contribution is -2.32. The fourth-order valence-electron chi connectivity index (χ4n) is 2.49. The van der Waals surface area contributed by atoms with Crippen molar-refractivity contribution in [2.75, 3.05) is 18.5 Å². The molecule has 0 atom stereocenters. The van der Waals surface area contributed by atoms with E-state index >= 15 is 0 Å². The van der Waals surface area contributed by atoms with E-state index in [-0.39, 0.29) is 11.3 Å². The van der Waals surface area contributed by atoms with Crippen molar-refractivity contribution in [1.82, 2.24) is 10.3 Å². The van der Waals surface area contributed by atoms with E-state index in [1.807, 2.05) is 30.3 Å². The molecule has 0 aliphatic rings. The van der Waals surface area contributed by atoms with E-state index in [9.17, 15) is 23.2 Å². The van der Waals surface area contributed by atoms with Crippen LogP contribution in [0, 0.1) is 0 Å². The fraction of sp³-hybridized carbons (Fsp3) is 0.143. The van der Waals surface area contributed by atoms with Crippen LogP contribution in [0.2, 0.25) is 0 Å². The minimum Gasteiger partial charge on any atom is -0.454 e. The summed E-state index contributed by atoms with van der Waals surface area (Å²) in [5.41, 5.74) is 1.62. The largest absolute Gasteiger partial charge is 0.454 e. The Morgan fingerprint density at radius 2 is 1.84 bits per heavy atom. The Hall–Kier alpha value is -3.86. The van der Waals surface area contributed by atoms with Crippen molar-refractivity contribution in [2.24, 2.45) is 0 Å². The lowest BCUT2D eigenvalue weighted by molar-refractivity contribution is -0.146. The second-order valence-corrected chi connectivity index (χ2v) is 7.06. The third-order valence-corrected chi connectivity index (χ3v) is 4.66. The van der Waals surface area contributed by atoms with Gasteiger partial charge in [-0.15, -0.1) is 11.3 Å². The smallest absolute Gasteiger partial charge is 0.387 e. The normalized spacial score (nSPS) is 10.5. The van der Waals surface area contributed by atoms with Gasteiger partial charge in [-0.25, -0.2) is 4.98 Å². The Bertz CT molecular complexity index is 1090. The topological polar surface area (TPSA) is 107 Å². The fourth-order valence-corrected chi connectivity index (χ4v) is 3.23. The third-order valence-electron chi connectivity index (χ3n) is 3.90. The monoisotopic (exact) mass is 461 g/mol. The van der Waals surface area contributed by atoms with Crippen LogP contribution < -0.4 is 15.4 Å². The lowest BCUT2D eigenvalue weighted by atomic mass is 10.2. The molecule has 0 aliphatic carbocycles. The minimum absolute atomic E-state index is 0.0201. The number of hydrogen-bond acceptors (Lipinski definition) is 7. The number of carbonyl (C=O) groups excluding carboxylic acids is 3. The molecule has 2 N–H and O–H groups in total. The highest BCUT2D eigenvalue weighted by Crippen LogP contribution is 2.24. The van der Waals surface area contributed by atoms with Crippen molar-refractivity contribution >= 4 is 34.3 Å². The third kappa shape index (κ3) is 6.84. The van der Waals surface area contributed by atoms with Gasteiger partial charge in [-0.3, -0.25) is 19.7 Å². The molecular formula is C21H17F2N3O5S. The number of rotatable bonds is 9. The Kier molecular flexibility index (Phi) is 7.81. The summed E-state index contributed by atoms with van der Waals surface area (Å²) in [7, 11) is 0. The number of benzene rings is 2. The molecule has 3 aromatic rings. The average Bonchev–Trinajstić information content (AvgIpc) is 3.25. The summed E-state index contributed by atoms with van der Waals surface area (Å²) < 4.78 is 33.5. The molecule has 166 valence electrons. The van der Waals surface area contributed by atoms with Crippen molar-refractivity contribution in [3.63, 3.8) is 0 Å². The van der Waals surface area contributed by atoms with E-state index in [4.69, 9.17) is 4.74 Å². The first-order chi connectivity index (χ1) is 15.4. The quantitative estimate of drug-likeness (QED) is 0.474. The highest BCUT2D eigenvalue weighted by molar-refractivity contribution is 7.14. The molecule has 0 fully saturated rings. The van der Waals surface area contributed by atoms with Crippen molar-refractivity contribution in [3.05, 3.63) is 65.5 Å². The van der Waals surface area contributed by atoms with Gasteiger partial charge in [0.1, 0.15) is 12.3 Å². The number of alkyl halides is 2. The SMILES string of the molecule is O=C(COC(=O)CNC(=O)c1cccc(OC(F)F)c1)Nc1nc(-c2ccccc2)cs1. The van der Waals surface area contributed by atoms with Gasteiger partial charge in [0.25, 0.3) is 11.8 Å². The number of nitrogens with zero attached hydrogens (tertiary/aromatic N) is 1. The van der Waals surface area contributed by atoms with Crippen LogP contribution in [0.1, 0.15) is 10.4 Å². The highest BCUT2D eigenvalue weighted by Gasteiger charge is 2.14. The maximum Gasteiger partial charge on any atom is 0.387 e. The van der Waals surface area contributed by atoms with Gasteiger partial charge in [0.15, 0.2) is 11.7 Å². The van der Waals surface area contributed by atoms with Crippen molar-refractivity contribution < 1.29 is 32.6 Å². The predicted molar refractivity (Wildman–Crippen MR) is 113 cm³/mol. The molecule has 0 saturated heterocycles. The van der Waals surface area contributed by atoms with Gasteiger partial charge in [-0.2, -0.15) is 8.78 Å². The molecule has 0 bridgehead atoms. The van der Waals surface area contributed by atoms with Gasteiger partial charge in [0, 0.05) is 16.5 Å². The number of thiazole rings is 1. The molecule has 8 nitrogen and oxygen atoms in total. The van der Waals surface area contributed by atoms with E-state index in [1.54, 1.807) is 5.38 Å². The van der Waals surface area contributed by atoms with Gasteiger partial charge in [0.05, 0.1) is 5.69 Å². The first-order valence-electron chi connectivity index (χ1n) is 9.20. The Morgan fingerprint density at radius 3 is 2.59 bits per heavy atom. The number of anilines is 1. The highest BCUT2D eigenvalue weighted by atomic mass is 32.1.